The minimum Gasteiger partial charge on any atom is -0.484 e. The third-order valence-electron chi connectivity index (χ3n) is 3.31. The van der Waals surface area contributed by atoms with Gasteiger partial charge in [0.15, 0.2) is 6.61 Å². The second kappa shape index (κ2) is 7.06. The molecule has 6 heteroatoms. The third-order valence-corrected chi connectivity index (χ3v) is 3.31. The van der Waals surface area contributed by atoms with Gasteiger partial charge in [0.1, 0.15) is 17.6 Å². The van der Waals surface area contributed by atoms with Gasteiger partial charge in [-0.3, -0.25) is 4.79 Å². The Morgan fingerprint density at radius 2 is 2.05 bits per heavy atom. The molecule has 0 saturated carbocycles. The van der Waals surface area contributed by atoms with Crippen molar-refractivity contribution in [3.63, 3.8) is 0 Å². The van der Waals surface area contributed by atoms with Gasteiger partial charge in [-0.05, 0) is 44.0 Å². The predicted octanol–water partition coefficient (Wildman–Crippen LogP) is 1.76. The number of ether oxygens (including phenoxy) is 2. The minimum atomic E-state index is -0.519. The number of carbonyl (C=O) groups excluding carboxylic acids is 2. The molecule has 1 unspecified atom stereocenters. The summed E-state index contributed by atoms with van der Waals surface area (Å²) in [5.74, 6) is -0.591. The molecule has 1 amide bonds. The van der Waals surface area contributed by atoms with Crippen LogP contribution >= 0.6 is 0 Å². The quantitative estimate of drug-likeness (QED) is 0.777. The molecule has 114 valence electrons. The molecule has 1 aliphatic rings. The maximum absolute atomic E-state index is 12.8. The van der Waals surface area contributed by atoms with E-state index in [4.69, 9.17) is 9.47 Å². The van der Waals surface area contributed by atoms with Gasteiger partial charge in [-0.1, -0.05) is 0 Å². The molecule has 0 spiro atoms. The SMILES string of the molecule is CCOC(=O)C1CCCN1C(=O)COc1ccc(F)cc1. The summed E-state index contributed by atoms with van der Waals surface area (Å²) in [4.78, 5) is 25.4. The Labute approximate surface area is 122 Å². The van der Waals surface area contributed by atoms with Crippen LogP contribution in [0.2, 0.25) is 0 Å². The van der Waals surface area contributed by atoms with E-state index in [1.807, 2.05) is 0 Å². The lowest BCUT2D eigenvalue weighted by Gasteiger charge is -2.23. The van der Waals surface area contributed by atoms with E-state index in [9.17, 15) is 14.0 Å². The van der Waals surface area contributed by atoms with Crippen LogP contribution in [0.3, 0.4) is 0 Å². The zero-order valence-corrected chi connectivity index (χ0v) is 11.9. The van der Waals surface area contributed by atoms with E-state index in [2.05, 4.69) is 0 Å². The molecule has 1 heterocycles. The maximum atomic E-state index is 12.8. The van der Waals surface area contributed by atoms with Crippen LogP contribution in [-0.2, 0) is 14.3 Å². The standard InChI is InChI=1S/C15H18FNO4/c1-2-20-15(19)13-4-3-9-17(13)14(18)10-21-12-7-5-11(16)6-8-12/h5-8,13H,2-4,9-10H2,1H3. The highest BCUT2D eigenvalue weighted by molar-refractivity contribution is 5.86. The Morgan fingerprint density at radius 1 is 1.33 bits per heavy atom. The summed E-state index contributed by atoms with van der Waals surface area (Å²) in [5.41, 5.74) is 0. The summed E-state index contributed by atoms with van der Waals surface area (Å²) in [5, 5.41) is 0. The summed E-state index contributed by atoms with van der Waals surface area (Å²) in [7, 11) is 0. The summed E-state index contributed by atoms with van der Waals surface area (Å²) in [6, 6.07) is 4.91. The topological polar surface area (TPSA) is 55.8 Å². The fraction of sp³-hybridized carbons (Fsp3) is 0.467. The monoisotopic (exact) mass is 295 g/mol. The van der Waals surface area contributed by atoms with Gasteiger partial charge in [0.2, 0.25) is 0 Å². The second-order valence-electron chi connectivity index (χ2n) is 4.74. The van der Waals surface area contributed by atoms with Gasteiger partial charge >= 0.3 is 5.97 Å². The van der Waals surface area contributed by atoms with Crippen LogP contribution in [-0.4, -0.2) is 42.6 Å². The first-order valence-electron chi connectivity index (χ1n) is 6.96. The highest BCUT2D eigenvalue weighted by Crippen LogP contribution is 2.19. The molecular weight excluding hydrogens is 277 g/mol. The van der Waals surface area contributed by atoms with E-state index >= 15 is 0 Å². The van der Waals surface area contributed by atoms with E-state index in [0.717, 1.165) is 6.42 Å². The van der Waals surface area contributed by atoms with Crippen molar-refractivity contribution >= 4 is 11.9 Å². The summed E-state index contributed by atoms with van der Waals surface area (Å²) in [6.45, 7) is 2.37. The fourth-order valence-corrected chi connectivity index (χ4v) is 2.31. The predicted molar refractivity (Wildman–Crippen MR) is 73.3 cm³/mol. The highest BCUT2D eigenvalue weighted by Gasteiger charge is 2.35. The Morgan fingerprint density at radius 3 is 2.71 bits per heavy atom. The minimum absolute atomic E-state index is 0.179. The Hall–Kier alpha value is -2.11. The molecule has 1 aliphatic heterocycles. The largest absolute Gasteiger partial charge is 0.484 e. The van der Waals surface area contributed by atoms with Crippen molar-refractivity contribution in [1.29, 1.82) is 0 Å². The molecule has 21 heavy (non-hydrogen) atoms. The Bertz CT molecular complexity index is 503. The number of halogens is 1. The molecule has 0 aliphatic carbocycles. The highest BCUT2D eigenvalue weighted by atomic mass is 19.1. The van der Waals surface area contributed by atoms with Crippen molar-refractivity contribution in [2.45, 2.75) is 25.8 Å². The lowest BCUT2D eigenvalue weighted by Crippen LogP contribution is -2.43. The number of benzene rings is 1. The number of nitrogens with zero attached hydrogens (tertiary/aromatic N) is 1. The zero-order chi connectivity index (χ0) is 15.2. The molecule has 1 fully saturated rings. The molecule has 0 aromatic heterocycles. The van der Waals surface area contributed by atoms with Gasteiger partial charge in [-0.2, -0.15) is 0 Å². The molecule has 1 aromatic carbocycles. The molecule has 0 N–H and O–H groups in total. The van der Waals surface area contributed by atoms with Gasteiger partial charge in [-0.15, -0.1) is 0 Å². The summed E-state index contributed by atoms with van der Waals surface area (Å²) >= 11 is 0. The first-order valence-corrected chi connectivity index (χ1v) is 6.96. The van der Waals surface area contributed by atoms with Crippen LogP contribution in [0.15, 0.2) is 24.3 Å². The first-order chi connectivity index (χ1) is 10.1. The van der Waals surface area contributed by atoms with Crippen molar-refractivity contribution in [3.05, 3.63) is 30.1 Å². The summed E-state index contributed by atoms with van der Waals surface area (Å²) in [6.07, 6.45) is 1.38. The normalized spacial score (nSPS) is 17.6. The Kier molecular flexibility index (Phi) is 5.14. The molecule has 5 nitrogen and oxygen atoms in total. The molecule has 2 rings (SSSR count). The summed E-state index contributed by atoms with van der Waals surface area (Å²) < 4.78 is 23.0. The second-order valence-corrected chi connectivity index (χ2v) is 4.74. The van der Waals surface area contributed by atoms with Crippen LogP contribution in [0.1, 0.15) is 19.8 Å². The van der Waals surface area contributed by atoms with Crippen LogP contribution in [0.25, 0.3) is 0 Å². The Balaban J connectivity index is 1.90. The van der Waals surface area contributed by atoms with E-state index in [1.54, 1.807) is 6.92 Å². The van der Waals surface area contributed by atoms with Gasteiger partial charge in [0.05, 0.1) is 6.61 Å². The lowest BCUT2D eigenvalue weighted by atomic mass is 10.2. The van der Waals surface area contributed by atoms with E-state index in [1.165, 1.54) is 29.2 Å². The number of carbonyl (C=O) groups is 2. The third kappa shape index (κ3) is 3.93. The van der Waals surface area contributed by atoms with Crippen molar-refractivity contribution in [3.8, 4) is 5.75 Å². The average molecular weight is 295 g/mol. The average Bonchev–Trinajstić information content (AvgIpc) is 2.96. The molecule has 1 atom stereocenters. The fourth-order valence-electron chi connectivity index (χ4n) is 2.31. The van der Waals surface area contributed by atoms with Crippen LogP contribution in [0.4, 0.5) is 4.39 Å². The smallest absolute Gasteiger partial charge is 0.328 e. The van der Waals surface area contributed by atoms with E-state index in [-0.39, 0.29) is 24.3 Å². The van der Waals surface area contributed by atoms with Gasteiger partial charge in [0.25, 0.3) is 5.91 Å². The number of rotatable bonds is 5. The molecule has 1 saturated heterocycles. The zero-order valence-electron chi connectivity index (χ0n) is 11.9. The van der Waals surface area contributed by atoms with Crippen LogP contribution in [0, 0.1) is 5.82 Å². The number of hydrogen-bond acceptors (Lipinski definition) is 4. The number of likely N-dealkylation sites (tertiary alicyclic amines) is 1. The van der Waals surface area contributed by atoms with Crippen molar-refractivity contribution in [2.24, 2.45) is 0 Å². The van der Waals surface area contributed by atoms with Crippen LogP contribution in [0.5, 0.6) is 5.75 Å². The molecule has 0 bridgehead atoms. The van der Waals surface area contributed by atoms with Gasteiger partial charge in [-0.25, -0.2) is 9.18 Å². The van der Waals surface area contributed by atoms with Crippen molar-refractivity contribution < 1.29 is 23.5 Å². The van der Waals surface area contributed by atoms with Crippen molar-refractivity contribution in [2.75, 3.05) is 19.8 Å². The van der Waals surface area contributed by atoms with Crippen LogP contribution < -0.4 is 4.74 Å². The van der Waals surface area contributed by atoms with Gasteiger partial charge < -0.3 is 14.4 Å². The molecule has 1 aromatic rings. The van der Waals surface area contributed by atoms with E-state index < -0.39 is 6.04 Å². The molecule has 0 radical (unpaired) electrons. The van der Waals surface area contributed by atoms with E-state index in [0.29, 0.717) is 25.3 Å². The number of hydrogen-bond donors (Lipinski definition) is 0. The van der Waals surface area contributed by atoms with Gasteiger partial charge in [0, 0.05) is 6.54 Å². The van der Waals surface area contributed by atoms with Crippen molar-refractivity contribution in [1.82, 2.24) is 4.90 Å². The maximum Gasteiger partial charge on any atom is 0.328 e. The number of esters is 1. The lowest BCUT2D eigenvalue weighted by molar-refractivity contribution is -0.153. The molecular formula is C15H18FNO4. The number of amides is 1. The first kappa shape index (κ1) is 15.3.